The quantitative estimate of drug-likeness (QED) is 0.492. The summed E-state index contributed by atoms with van der Waals surface area (Å²) >= 11 is 0. The molecule has 0 aliphatic carbocycles. The van der Waals surface area contributed by atoms with Crippen molar-refractivity contribution in [1.29, 1.82) is 0 Å². The summed E-state index contributed by atoms with van der Waals surface area (Å²) in [4.78, 5) is 12.0. The zero-order valence-corrected chi connectivity index (χ0v) is 13.2. The van der Waals surface area contributed by atoms with Crippen molar-refractivity contribution in [3.63, 3.8) is 0 Å². The van der Waals surface area contributed by atoms with Crippen molar-refractivity contribution in [2.24, 2.45) is 0 Å². The summed E-state index contributed by atoms with van der Waals surface area (Å²) in [5.74, 6) is 0.599. The van der Waals surface area contributed by atoms with E-state index in [1.165, 1.54) is 18.2 Å². The van der Waals surface area contributed by atoms with Gasteiger partial charge in [-0.15, -0.1) is 0 Å². The van der Waals surface area contributed by atoms with Gasteiger partial charge in [0, 0.05) is 23.5 Å². The lowest BCUT2D eigenvalue weighted by Gasteiger charge is -2.02. The third-order valence-corrected chi connectivity index (χ3v) is 3.96. The van der Waals surface area contributed by atoms with Gasteiger partial charge in [-0.2, -0.15) is 0 Å². The molecule has 5 nitrogen and oxygen atoms in total. The van der Waals surface area contributed by atoms with Gasteiger partial charge in [0.1, 0.15) is 17.3 Å². The molecular weight excluding hydrogens is 314 g/mol. The molecule has 2 aromatic carbocycles. The Balaban J connectivity index is 1.94. The minimum absolute atomic E-state index is 0.0486. The van der Waals surface area contributed by atoms with Crippen LogP contribution in [0.15, 0.2) is 73.1 Å². The first-order chi connectivity index (χ1) is 12.2. The number of nitrogens with zero attached hydrogens (tertiary/aromatic N) is 2. The predicted octanol–water partition coefficient (Wildman–Crippen LogP) is 4.22. The molecule has 0 fully saturated rings. The van der Waals surface area contributed by atoms with Crippen molar-refractivity contribution < 1.29 is 10.2 Å². The van der Waals surface area contributed by atoms with Crippen LogP contribution < -0.4 is 0 Å². The molecule has 0 radical (unpaired) electrons. The van der Waals surface area contributed by atoms with Gasteiger partial charge in [0.15, 0.2) is 0 Å². The van der Waals surface area contributed by atoms with Crippen molar-refractivity contribution >= 4 is 0 Å². The average Bonchev–Trinajstić information content (AvgIpc) is 3.10. The van der Waals surface area contributed by atoms with E-state index in [1.807, 2.05) is 42.5 Å². The number of aromatic hydroxyl groups is 2. The fraction of sp³-hybridized carbons (Fsp3) is 0. The summed E-state index contributed by atoms with van der Waals surface area (Å²) < 4.78 is 0. The molecule has 0 amide bonds. The van der Waals surface area contributed by atoms with Gasteiger partial charge in [-0.05, 0) is 30.3 Å². The number of phenols is 2. The number of aromatic amines is 1. The smallest absolute Gasteiger partial charge is 0.142 e. The molecule has 122 valence electrons. The standard InChI is InChI=1S/C20H15N3O2/c24-15-6-7-17(25)16(12-15)20-22-18(13-4-2-1-3-5-13)19(23-20)14-8-10-21-11-9-14/h1-12,24-25H,(H,22,23). The predicted molar refractivity (Wildman–Crippen MR) is 96.0 cm³/mol. The zero-order chi connectivity index (χ0) is 17.2. The van der Waals surface area contributed by atoms with Gasteiger partial charge >= 0.3 is 0 Å². The van der Waals surface area contributed by atoms with Crippen LogP contribution in [0.3, 0.4) is 0 Å². The molecule has 0 bridgehead atoms. The van der Waals surface area contributed by atoms with Crippen LogP contribution in [-0.4, -0.2) is 25.2 Å². The number of aromatic nitrogens is 3. The van der Waals surface area contributed by atoms with Crippen LogP contribution >= 0.6 is 0 Å². The minimum Gasteiger partial charge on any atom is -0.508 e. The van der Waals surface area contributed by atoms with Crippen molar-refractivity contribution in [3.05, 3.63) is 73.1 Å². The van der Waals surface area contributed by atoms with Crippen molar-refractivity contribution in [3.8, 4) is 45.4 Å². The Morgan fingerprint density at radius 1 is 0.800 bits per heavy atom. The Bertz CT molecular complexity index is 955. The minimum atomic E-state index is 0.0486. The third kappa shape index (κ3) is 2.83. The Kier molecular flexibility index (Phi) is 3.67. The van der Waals surface area contributed by atoms with E-state index in [2.05, 4.69) is 15.0 Å². The SMILES string of the molecule is Oc1ccc(O)c(-c2nc(-c3ccccc3)c(-c3ccncc3)[nH]2)c1. The van der Waals surface area contributed by atoms with Crippen molar-refractivity contribution in [2.45, 2.75) is 0 Å². The molecule has 0 aliphatic heterocycles. The van der Waals surface area contributed by atoms with E-state index in [0.717, 1.165) is 22.5 Å². The monoisotopic (exact) mass is 329 g/mol. The maximum absolute atomic E-state index is 10.1. The van der Waals surface area contributed by atoms with Crippen LogP contribution in [0.25, 0.3) is 33.9 Å². The van der Waals surface area contributed by atoms with Gasteiger partial charge < -0.3 is 15.2 Å². The highest BCUT2D eigenvalue weighted by atomic mass is 16.3. The van der Waals surface area contributed by atoms with Crippen LogP contribution in [0, 0.1) is 0 Å². The van der Waals surface area contributed by atoms with Crippen LogP contribution in [0.1, 0.15) is 0 Å². The number of H-pyrrole nitrogens is 1. The molecule has 0 atom stereocenters. The first-order valence-corrected chi connectivity index (χ1v) is 7.80. The molecule has 0 aliphatic rings. The van der Waals surface area contributed by atoms with Crippen LogP contribution in [0.2, 0.25) is 0 Å². The Morgan fingerprint density at radius 2 is 1.56 bits per heavy atom. The van der Waals surface area contributed by atoms with Gasteiger partial charge in [-0.1, -0.05) is 30.3 Å². The van der Waals surface area contributed by atoms with E-state index in [9.17, 15) is 10.2 Å². The molecule has 25 heavy (non-hydrogen) atoms. The van der Waals surface area contributed by atoms with E-state index >= 15 is 0 Å². The normalized spacial score (nSPS) is 10.7. The summed E-state index contributed by atoms with van der Waals surface area (Å²) in [6.07, 6.45) is 3.44. The molecule has 3 N–H and O–H groups in total. The first kappa shape index (κ1) is 15.0. The molecule has 4 aromatic rings. The lowest BCUT2D eigenvalue weighted by Crippen LogP contribution is -1.83. The van der Waals surface area contributed by atoms with Gasteiger partial charge in [-0.3, -0.25) is 4.98 Å². The maximum atomic E-state index is 10.1. The number of phenolic OH excluding ortho intramolecular Hbond substituents is 2. The van der Waals surface area contributed by atoms with E-state index in [0.29, 0.717) is 11.4 Å². The zero-order valence-electron chi connectivity index (χ0n) is 13.2. The summed E-state index contributed by atoms with van der Waals surface area (Å²) in [7, 11) is 0. The van der Waals surface area contributed by atoms with Gasteiger partial charge in [0.2, 0.25) is 0 Å². The van der Waals surface area contributed by atoms with Crippen LogP contribution in [0.4, 0.5) is 0 Å². The van der Waals surface area contributed by atoms with Gasteiger partial charge in [0.25, 0.3) is 0 Å². The third-order valence-electron chi connectivity index (χ3n) is 3.96. The highest BCUT2D eigenvalue weighted by Crippen LogP contribution is 2.36. The van der Waals surface area contributed by atoms with Crippen LogP contribution in [-0.2, 0) is 0 Å². The number of rotatable bonds is 3. The summed E-state index contributed by atoms with van der Waals surface area (Å²) in [5, 5.41) is 19.9. The molecule has 4 rings (SSSR count). The topological polar surface area (TPSA) is 82.0 Å². The van der Waals surface area contributed by atoms with Crippen molar-refractivity contribution in [1.82, 2.24) is 15.0 Å². The maximum Gasteiger partial charge on any atom is 0.142 e. The Hall–Kier alpha value is -3.60. The highest BCUT2D eigenvalue weighted by molar-refractivity contribution is 5.82. The average molecular weight is 329 g/mol. The molecule has 2 aromatic heterocycles. The largest absolute Gasteiger partial charge is 0.508 e. The van der Waals surface area contributed by atoms with E-state index in [4.69, 9.17) is 0 Å². The number of hydrogen-bond acceptors (Lipinski definition) is 4. The lowest BCUT2D eigenvalue weighted by atomic mass is 10.1. The van der Waals surface area contributed by atoms with Crippen molar-refractivity contribution in [2.75, 3.05) is 0 Å². The second kappa shape index (κ2) is 6.13. The summed E-state index contributed by atoms with van der Waals surface area (Å²) in [6.45, 7) is 0. The molecule has 2 heterocycles. The Labute approximate surface area is 144 Å². The summed E-state index contributed by atoms with van der Waals surface area (Å²) in [6, 6.07) is 18.0. The fourth-order valence-electron chi connectivity index (χ4n) is 2.75. The number of hydrogen-bond donors (Lipinski definition) is 3. The second-order valence-corrected chi connectivity index (χ2v) is 5.61. The number of imidazole rings is 1. The Morgan fingerprint density at radius 3 is 2.32 bits per heavy atom. The molecule has 0 saturated carbocycles. The van der Waals surface area contributed by atoms with Crippen LogP contribution in [0.5, 0.6) is 11.5 Å². The van der Waals surface area contributed by atoms with E-state index in [1.54, 1.807) is 12.4 Å². The fourth-order valence-corrected chi connectivity index (χ4v) is 2.75. The number of nitrogens with one attached hydrogen (secondary N) is 1. The lowest BCUT2D eigenvalue weighted by molar-refractivity contribution is 0.461. The summed E-state index contributed by atoms with van der Waals surface area (Å²) in [5.41, 5.74) is 3.93. The van der Waals surface area contributed by atoms with E-state index < -0.39 is 0 Å². The molecule has 0 saturated heterocycles. The number of benzene rings is 2. The highest BCUT2D eigenvalue weighted by Gasteiger charge is 2.17. The number of pyridine rings is 1. The second-order valence-electron chi connectivity index (χ2n) is 5.61. The van der Waals surface area contributed by atoms with Gasteiger partial charge in [0.05, 0.1) is 17.0 Å². The molecule has 0 unspecified atom stereocenters. The first-order valence-electron chi connectivity index (χ1n) is 7.80. The van der Waals surface area contributed by atoms with Gasteiger partial charge in [-0.25, -0.2) is 4.98 Å². The van der Waals surface area contributed by atoms with E-state index in [-0.39, 0.29) is 11.5 Å². The molecule has 5 heteroatoms. The molecular formula is C20H15N3O2. The molecule has 0 spiro atoms.